The zero-order chi connectivity index (χ0) is 20.9. The van der Waals surface area contributed by atoms with Crippen LogP contribution in [-0.4, -0.2) is 45.8 Å². The van der Waals surface area contributed by atoms with Crippen molar-refractivity contribution in [2.24, 2.45) is 5.92 Å². The van der Waals surface area contributed by atoms with E-state index < -0.39 is 0 Å². The second-order valence-electron chi connectivity index (χ2n) is 9.69. The van der Waals surface area contributed by atoms with Crippen molar-refractivity contribution < 1.29 is 0 Å². The molecule has 5 heteroatoms. The second kappa shape index (κ2) is 9.99. The van der Waals surface area contributed by atoms with Crippen LogP contribution in [0.3, 0.4) is 0 Å². The van der Waals surface area contributed by atoms with Gasteiger partial charge in [-0.25, -0.2) is 4.98 Å². The molecule has 1 saturated carbocycles. The number of piperidine rings is 1. The van der Waals surface area contributed by atoms with Gasteiger partial charge >= 0.3 is 0 Å². The van der Waals surface area contributed by atoms with Crippen LogP contribution in [0, 0.1) is 5.92 Å². The number of allylic oxidation sites excluding steroid dienone is 3. The molecule has 2 fully saturated rings. The summed E-state index contributed by atoms with van der Waals surface area (Å²) in [7, 11) is 0. The molecule has 3 heterocycles. The Balaban J connectivity index is 1.20. The maximum atomic E-state index is 4.70. The Hall–Kier alpha value is -2.14. The molecule has 2 N–H and O–H groups in total. The van der Waals surface area contributed by atoms with E-state index in [0.717, 1.165) is 23.7 Å². The first-order valence-corrected chi connectivity index (χ1v) is 12.5. The van der Waals surface area contributed by atoms with Crippen LogP contribution in [-0.2, 0) is 6.42 Å². The normalized spacial score (nSPS) is 23.2. The predicted molar refractivity (Wildman–Crippen MR) is 128 cm³/mol. The van der Waals surface area contributed by atoms with E-state index >= 15 is 0 Å². The number of aryl methyl sites for hydroxylation is 1. The van der Waals surface area contributed by atoms with E-state index in [1.807, 2.05) is 12.3 Å². The topological polar surface area (TPSA) is 56.8 Å². The third-order valence-electron chi connectivity index (χ3n) is 7.47. The van der Waals surface area contributed by atoms with Gasteiger partial charge in [-0.05, 0) is 76.4 Å². The van der Waals surface area contributed by atoms with Gasteiger partial charge in [0.15, 0.2) is 0 Å². The van der Waals surface area contributed by atoms with E-state index in [9.17, 15) is 0 Å². The number of pyridine rings is 1. The fourth-order valence-electron chi connectivity index (χ4n) is 5.76. The summed E-state index contributed by atoms with van der Waals surface area (Å²) in [5.74, 6) is 1.80. The molecule has 5 rings (SSSR count). The van der Waals surface area contributed by atoms with Crippen molar-refractivity contribution in [3.8, 4) is 0 Å². The van der Waals surface area contributed by atoms with Crippen LogP contribution in [0.25, 0.3) is 10.9 Å². The maximum absolute atomic E-state index is 4.70. The zero-order valence-electron chi connectivity index (χ0n) is 18.8. The lowest BCUT2D eigenvalue weighted by Crippen LogP contribution is -2.37. The van der Waals surface area contributed by atoms with Gasteiger partial charge in [0.1, 0.15) is 5.82 Å². The van der Waals surface area contributed by atoms with E-state index in [4.69, 9.17) is 4.98 Å². The van der Waals surface area contributed by atoms with E-state index in [1.54, 1.807) is 5.57 Å². The van der Waals surface area contributed by atoms with E-state index in [0.29, 0.717) is 6.04 Å². The highest BCUT2D eigenvalue weighted by Crippen LogP contribution is 2.30. The SMILES string of the molecule is C1=CCCC([C@@H]2CCCN(CCCc3[nH]nc4ccnc(NC5CCCCC5)c34)C2)=C1. The summed E-state index contributed by atoms with van der Waals surface area (Å²) in [4.78, 5) is 7.39. The largest absolute Gasteiger partial charge is 0.367 e. The molecule has 2 aromatic heterocycles. The fraction of sp³-hybridized carbons (Fsp3) is 0.615. The molecule has 31 heavy (non-hydrogen) atoms. The summed E-state index contributed by atoms with van der Waals surface area (Å²) < 4.78 is 0. The summed E-state index contributed by atoms with van der Waals surface area (Å²) in [5, 5.41) is 12.9. The molecule has 3 aliphatic rings. The van der Waals surface area contributed by atoms with Crippen molar-refractivity contribution >= 4 is 16.7 Å². The number of aromatic amines is 1. The van der Waals surface area contributed by atoms with Crippen molar-refractivity contribution in [1.82, 2.24) is 20.1 Å². The Labute approximate surface area is 186 Å². The molecule has 0 aromatic carbocycles. The second-order valence-corrected chi connectivity index (χ2v) is 9.69. The molecule has 166 valence electrons. The first-order chi connectivity index (χ1) is 15.4. The number of aromatic nitrogens is 3. The lowest BCUT2D eigenvalue weighted by molar-refractivity contribution is 0.187. The number of hydrogen-bond donors (Lipinski definition) is 2. The molecule has 0 radical (unpaired) electrons. The molecule has 0 spiro atoms. The molecular weight excluding hydrogens is 382 g/mol. The Morgan fingerprint density at radius 2 is 2.06 bits per heavy atom. The smallest absolute Gasteiger partial charge is 0.137 e. The number of likely N-dealkylation sites (tertiary alicyclic amines) is 1. The molecular formula is C26H37N5. The quantitative estimate of drug-likeness (QED) is 0.611. The zero-order valence-corrected chi connectivity index (χ0v) is 18.8. The minimum Gasteiger partial charge on any atom is -0.367 e. The van der Waals surface area contributed by atoms with Crippen molar-refractivity contribution in [3.05, 3.63) is 41.8 Å². The van der Waals surface area contributed by atoms with Crippen molar-refractivity contribution in [2.75, 3.05) is 25.0 Å². The maximum Gasteiger partial charge on any atom is 0.137 e. The van der Waals surface area contributed by atoms with Gasteiger partial charge in [0.25, 0.3) is 0 Å². The van der Waals surface area contributed by atoms with Gasteiger partial charge in [-0.2, -0.15) is 5.10 Å². The summed E-state index contributed by atoms with van der Waals surface area (Å²) in [6.07, 6.45) is 22.8. The van der Waals surface area contributed by atoms with Crippen LogP contribution >= 0.6 is 0 Å². The molecule has 1 aliphatic heterocycles. The van der Waals surface area contributed by atoms with Crippen LogP contribution in [0.2, 0.25) is 0 Å². The number of rotatable bonds is 7. The molecule has 2 aliphatic carbocycles. The minimum atomic E-state index is 0.559. The molecule has 1 saturated heterocycles. The number of fused-ring (bicyclic) bond motifs is 1. The Morgan fingerprint density at radius 1 is 1.13 bits per heavy atom. The first-order valence-electron chi connectivity index (χ1n) is 12.5. The highest BCUT2D eigenvalue weighted by Gasteiger charge is 2.23. The number of H-pyrrole nitrogens is 1. The Bertz CT molecular complexity index is 921. The summed E-state index contributed by atoms with van der Waals surface area (Å²) >= 11 is 0. The van der Waals surface area contributed by atoms with Gasteiger partial charge in [0.05, 0.1) is 10.9 Å². The molecule has 2 aromatic rings. The average molecular weight is 420 g/mol. The van der Waals surface area contributed by atoms with E-state index in [-0.39, 0.29) is 0 Å². The third-order valence-corrected chi connectivity index (χ3v) is 7.47. The molecule has 5 nitrogen and oxygen atoms in total. The summed E-state index contributed by atoms with van der Waals surface area (Å²) in [6, 6.07) is 2.59. The van der Waals surface area contributed by atoms with E-state index in [2.05, 4.69) is 38.6 Å². The van der Waals surface area contributed by atoms with Crippen molar-refractivity contribution in [3.63, 3.8) is 0 Å². The number of anilines is 1. The van der Waals surface area contributed by atoms with Gasteiger partial charge in [0, 0.05) is 24.5 Å². The van der Waals surface area contributed by atoms with Gasteiger partial charge in [-0.15, -0.1) is 0 Å². The predicted octanol–water partition coefficient (Wildman–Crippen LogP) is 5.62. The van der Waals surface area contributed by atoms with Crippen molar-refractivity contribution in [1.29, 1.82) is 0 Å². The van der Waals surface area contributed by atoms with Crippen molar-refractivity contribution in [2.45, 2.75) is 76.7 Å². The lowest BCUT2D eigenvalue weighted by atomic mass is 9.86. The number of hydrogen-bond acceptors (Lipinski definition) is 4. The van der Waals surface area contributed by atoms with Crippen LogP contribution in [0.15, 0.2) is 36.1 Å². The summed E-state index contributed by atoms with van der Waals surface area (Å²) in [6.45, 7) is 3.66. The standard InChI is InChI=1S/C26H37N5/c1-3-9-20(10-4-1)21-11-7-17-31(19-21)18-8-14-23-25-24(30-29-23)15-16-27-26(25)28-22-12-5-2-6-13-22/h1,3,9,15-16,21-22H,2,4-8,10-14,17-19H2,(H,27,28)(H,29,30)/t21-/m1/s1. The van der Waals surface area contributed by atoms with Gasteiger partial charge < -0.3 is 10.2 Å². The van der Waals surface area contributed by atoms with Crippen LogP contribution in [0.4, 0.5) is 5.82 Å². The van der Waals surface area contributed by atoms with Gasteiger partial charge in [-0.1, -0.05) is 43.1 Å². The fourth-order valence-corrected chi connectivity index (χ4v) is 5.76. The van der Waals surface area contributed by atoms with Crippen LogP contribution in [0.1, 0.15) is 69.9 Å². The average Bonchev–Trinajstić information content (AvgIpc) is 3.25. The van der Waals surface area contributed by atoms with Crippen LogP contribution in [0.5, 0.6) is 0 Å². The minimum absolute atomic E-state index is 0.559. The Morgan fingerprint density at radius 3 is 2.94 bits per heavy atom. The van der Waals surface area contributed by atoms with E-state index in [1.165, 1.54) is 94.9 Å². The third kappa shape index (κ3) is 5.03. The van der Waals surface area contributed by atoms with Gasteiger partial charge in [0.2, 0.25) is 0 Å². The molecule has 0 unspecified atom stereocenters. The number of nitrogens with one attached hydrogen (secondary N) is 2. The highest BCUT2D eigenvalue weighted by molar-refractivity contribution is 5.91. The first kappa shape index (κ1) is 20.7. The van der Waals surface area contributed by atoms with Gasteiger partial charge in [-0.3, -0.25) is 5.10 Å². The monoisotopic (exact) mass is 419 g/mol. The summed E-state index contributed by atoms with van der Waals surface area (Å²) in [5.41, 5.74) is 3.96. The highest BCUT2D eigenvalue weighted by atomic mass is 15.1. The molecule has 0 amide bonds. The Kier molecular flexibility index (Phi) is 6.68. The lowest BCUT2D eigenvalue weighted by Gasteiger charge is -2.34. The number of nitrogens with zero attached hydrogens (tertiary/aromatic N) is 3. The molecule has 0 bridgehead atoms. The van der Waals surface area contributed by atoms with Crippen LogP contribution < -0.4 is 5.32 Å². The molecule has 1 atom stereocenters.